The molecule has 0 bridgehead atoms. The predicted molar refractivity (Wildman–Crippen MR) is 97.8 cm³/mol. The number of carbonyl (C=O) groups is 3. The number of allylic oxidation sites excluding steroid dienone is 1. The highest BCUT2D eigenvalue weighted by Crippen LogP contribution is 2.68. The molecular weight excluding hydrogens is 352 g/mol. The lowest BCUT2D eigenvalue weighted by Crippen LogP contribution is -2.56. The minimum absolute atomic E-state index is 0.228. The number of hydrogen-bond acceptors (Lipinski definition) is 4. The van der Waals surface area contributed by atoms with E-state index in [4.69, 9.17) is 11.6 Å². The maximum absolute atomic E-state index is 12.5. The van der Waals surface area contributed by atoms with Gasteiger partial charge in [-0.05, 0) is 73.2 Å². The van der Waals surface area contributed by atoms with Crippen molar-refractivity contribution in [3.8, 4) is 0 Å². The Balaban J connectivity index is 1.70. The molecule has 4 aliphatic rings. The zero-order chi connectivity index (χ0) is 18.9. The van der Waals surface area contributed by atoms with Gasteiger partial charge in [-0.15, -0.1) is 11.6 Å². The third-order valence-electron chi connectivity index (χ3n) is 8.52. The van der Waals surface area contributed by atoms with Crippen LogP contribution in [0.25, 0.3) is 0 Å². The second-order valence-corrected chi connectivity index (χ2v) is 9.99. The molecule has 0 radical (unpaired) electrons. The van der Waals surface area contributed by atoms with Gasteiger partial charge in [-0.2, -0.15) is 0 Å². The Kier molecular flexibility index (Phi) is 4.06. The first-order valence-electron chi connectivity index (χ1n) is 9.79. The normalized spacial score (nSPS) is 47.7. The second-order valence-electron chi connectivity index (χ2n) is 9.34. The highest BCUT2D eigenvalue weighted by molar-refractivity contribution is 6.42. The van der Waals surface area contributed by atoms with Gasteiger partial charge in [0.05, 0.1) is 0 Å². The van der Waals surface area contributed by atoms with E-state index in [0.717, 1.165) is 37.7 Å². The van der Waals surface area contributed by atoms with Crippen molar-refractivity contribution in [3.05, 3.63) is 11.6 Å². The molecule has 0 unspecified atom stereocenters. The predicted octanol–water partition coefficient (Wildman–Crippen LogP) is 3.24. The summed E-state index contributed by atoms with van der Waals surface area (Å²) >= 11 is 6.86. The third-order valence-corrected chi connectivity index (χ3v) is 9.36. The van der Waals surface area contributed by atoms with Crippen LogP contribution in [0.15, 0.2) is 11.6 Å². The first-order chi connectivity index (χ1) is 12.2. The minimum Gasteiger partial charge on any atom is -0.389 e. The summed E-state index contributed by atoms with van der Waals surface area (Å²) in [6, 6.07) is 0. The largest absolute Gasteiger partial charge is 0.389 e. The summed E-state index contributed by atoms with van der Waals surface area (Å²) in [5.74, 6) is 0.262. The van der Waals surface area contributed by atoms with Crippen LogP contribution in [0.4, 0.5) is 0 Å². The number of hydrogen-bond donors (Lipinski definition) is 1. The number of carbonyl (C=O) groups excluding carboxylic acids is 3. The van der Waals surface area contributed by atoms with E-state index in [-0.39, 0.29) is 28.2 Å². The van der Waals surface area contributed by atoms with Crippen molar-refractivity contribution in [2.75, 3.05) is 6.61 Å². The first kappa shape index (κ1) is 18.4. The fourth-order valence-corrected chi connectivity index (χ4v) is 7.44. The number of alkyl halides is 1. The summed E-state index contributed by atoms with van der Waals surface area (Å²) in [5, 5.41) is 9.44. The van der Waals surface area contributed by atoms with Crippen molar-refractivity contribution in [1.29, 1.82) is 0 Å². The van der Waals surface area contributed by atoms with Crippen LogP contribution in [0.3, 0.4) is 0 Å². The van der Waals surface area contributed by atoms with Crippen molar-refractivity contribution in [2.45, 2.75) is 63.7 Å². The average Bonchev–Trinajstić information content (AvgIpc) is 2.88. The van der Waals surface area contributed by atoms with Crippen LogP contribution in [0.1, 0.15) is 58.8 Å². The lowest BCUT2D eigenvalue weighted by Gasteiger charge is -2.58. The van der Waals surface area contributed by atoms with E-state index in [9.17, 15) is 19.5 Å². The zero-order valence-electron chi connectivity index (χ0n) is 15.5. The van der Waals surface area contributed by atoms with E-state index in [2.05, 4.69) is 13.8 Å². The summed E-state index contributed by atoms with van der Waals surface area (Å²) in [4.78, 5) is 35.5. The molecule has 26 heavy (non-hydrogen) atoms. The smallest absolute Gasteiger partial charge is 0.221 e. The molecule has 0 aromatic rings. The number of rotatable bonds is 2. The van der Waals surface area contributed by atoms with Crippen LogP contribution in [-0.4, -0.2) is 33.9 Å². The van der Waals surface area contributed by atoms with Crippen LogP contribution in [-0.2, 0) is 14.4 Å². The van der Waals surface area contributed by atoms with Crippen molar-refractivity contribution < 1.29 is 19.5 Å². The second kappa shape index (κ2) is 5.75. The highest BCUT2D eigenvalue weighted by Gasteiger charge is 2.66. The summed E-state index contributed by atoms with van der Waals surface area (Å²) < 4.78 is 0. The Morgan fingerprint density at radius 1 is 1.19 bits per heavy atom. The van der Waals surface area contributed by atoms with E-state index in [1.165, 1.54) is 0 Å². The van der Waals surface area contributed by atoms with Crippen molar-refractivity contribution in [3.63, 3.8) is 0 Å². The summed E-state index contributed by atoms with van der Waals surface area (Å²) in [6.45, 7) is 3.79. The fourth-order valence-electron chi connectivity index (χ4n) is 7.04. The van der Waals surface area contributed by atoms with Crippen molar-refractivity contribution >= 4 is 29.0 Å². The van der Waals surface area contributed by atoms with Crippen LogP contribution < -0.4 is 0 Å². The Bertz CT molecular complexity index is 728. The van der Waals surface area contributed by atoms with Gasteiger partial charge in [-0.1, -0.05) is 19.4 Å². The zero-order valence-corrected chi connectivity index (χ0v) is 16.3. The van der Waals surface area contributed by atoms with E-state index in [1.54, 1.807) is 6.08 Å². The Morgan fingerprint density at radius 3 is 2.58 bits per heavy atom. The molecule has 3 fully saturated rings. The number of fused-ring (bicyclic) bond motifs is 5. The van der Waals surface area contributed by atoms with Crippen LogP contribution >= 0.6 is 11.6 Å². The van der Waals surface area contributed by atoms with Gasteiger partial charge in [-0.3, -0.25) is 14.4 Å². The van der Waals surface area contributed by atoms with Gasteiger partial charge >= 0.3 is 0 Å². The van der Waals surface area contributed by atoms with Gasteiger partial charge in [0.1, 0.15) is 11.5 Å². The molecule has 4 nitrogen and oxygen atoms in total. The summed E-state index contributed by atoms with van der Waals surface area (Å²) in [7, 11) is 0. The lowest BCUT2D eigenvalue weighted by molar-refractivity contribution is -0.139. The lowest BCUT2D eigenvalue weighted by atomic mass is 9.46. The van der Waals surface area contributed by atoms with Crippen LogP contribution in [0.5, 0.6) is 0 Å². The molecule has 4 rings (SSSR count). The molecular formula is C21H27ClO4. The number of aliphatic hydroxyl groups excluding tert-OH is 1. The first-order valence-corrected chi connectivity index (χ1v) is 10.2. The van der Waals surface area contributed by atoms with Gasteiger partial charge in [0, 0.05) is 6.42 Å². The molecule has 142 valence electrons. The SMILES string of the molecule is C[C@]12CC(=O)C(=O)C=C1CC[C@@H]1[C@@H]2CC[C@@]2(C)[C@H]1CC[C@]2(Cl)C(=O)CO. The topological polar surface area (TPSA) is 71.4 Å². The fraction of sp³-hybridized carbons (Fsp3) is 0.762. The van der Waals surface area contributed by atoms with Crippen molar-refractivity contribution in [1.82, 2.24) is 0 Å². The van der Waals surface area contributed by atoms with E-state index < -0.39 is 11.5 Å². The molecule has 0 heterocycles. The van der Waals surface area contributed by atoms with Gasteiger partial charge in [0.15, 0.2) is 5.78 Å². The number of halogens is 1. The Labute approximate surface area is 159 Å². The average molecular weight is 379 g/mol. The molecule has 0 amide bonds. The molecule has 6 atom stereocenters. The van der Waals surface area contributed by atoms with E-state index >= 15 is 0 Å². The molecule has 0 saturated heterocycles. The van der Waals surface area contributed by atoms with Gasteiger partial charge in [0.2, 0.25) is 11.6 Å². The molecule has 1 N–H and O–H groups in total. The highest BCUT2D eigenvalue weighted by atomic mass is 35.5. The van der Waals surface area contributed by atoms with Gasteiger partial charge in [-0.25, -0.2) is 0 Å². The summed E-state index contributed by atoms with van der Waals surface area (Å²) in [5.41, 5.74) is 0.614. The van der Waals surface area contributed by atoms with Gasteiger partial charge in [0.25, 0.3) is 0 Å². The van der Waals surface area contributed by atoms with Crippen molar-refractivity contribution in [2.24, 2.45) is 28.6 Å². The standard InChI is InChI=1S/C21H27ClO4/c1-19-10-17(25)16(24)9-12(19)3-4-13-14(19)5-7-20(2)15(13)6-8-21(20,22)18(26)11-23/h9,13-15,23H,3-8,10-11H2,1-2H3/t13-,14+,15+,19+,20+,21+/m1/s1. The monoisotopic (exact) mass is 378 g/mol. The number of Topliss-reactive ketones (excluding diaryl/α,β-unsaturated/α-hetero) is 2. The van der Waals surface area contributed by atoms with Crippen LogP contribution in [0, 0.1) is 28.6 Å². The number of ketones is 3. The molecule has 0 aromatic carbocycles. The molecule has 3 saturated carbocycles. The quantitative estimate of drug-likeness (QED) is 0.591. The maximum atomic E-state index is 12.5. The van der Waals surface area contributed by atoms with Crippen LogP contribution in [0.2, 0.25) is 0 Å². The molecule has 0 aliphatic heterocycles. The minimum atomic E-state index is -0.966. The molecule has 0 aromatic heterocycles. The van der Waals surface area contributed by atoms with Gasteiger partial charge < -0.3 is 5.11 Å². The third kappa shape index (κ3) is 2.15. The molecule has 0 spiro atoms. The molecule has 4 aliphatic carbocycles. The number of aliphatic hydroxyl groups is 1. The summed E-state index contributed by atoms with van der Waals surface area (Å²) in [6.07, 6.45) is 7.04. The Hall–Kier alpha value is -1.00. The van der Waals surface area contributed by atoms with E-state index in [0.29, 0.717) is 30.6 Å². The molecule has 5 heteroatoms. The maximum Gasteiger partial charge on any atom is 0.221 e. The van der Waals surface area contributed by atoms with E-state index in [1.807, 2.05) is 0 Å². The Morgan fingerprint density at radius 2 is 1.88 bits per heavy atom.